The van der Waals surface area contributed by atoms with Crippen molar-refractivity contribution in [2.24, 2.45) is 5.73 Å². The third-order valence-electron chi connectivity index (χ3n) is 4.13. The Bertz CT molecular complexity index is 806. The molecule has 1 aromatic carbocycles. The summed E-state index contributed by atoms with van der Waals surface area (Å²) in [6.07, 6.45) is 2.86. The van der Waals surface area contributed by atoms with Crippen LogP contribution in [0.4, 0.5) is 5.82 Å². The van der Waals surface area contributed by atoms with Gasteiger partial charge in [-0.1, -0.05) is 29.3 Å². The van der Waals surface area contributed by atoms with Gasteiger partial charge in [0.1, 0.15) is 6.04 Å². The molecule has 6 nitrogen and oxygen atoms in total. The number of carbonyl (C=O) groups is 1. The number of aryl methyl sites for hydroxylation is 3. The highest BCUT2D eigenvalue weighted by Crippen LogP contribution is 2.23. The molecule has 0 aliphatic carbocycles. The number of anilines is 1. The van der Waals surface area contributed by atoms with Crippen LogP contribution in [0, 0.1) is 13.8 Å². The molecule has 1 atom stereocenters. The fourth-order valence-corrected chi connectivity index (χ4v) is 3.19. The second-order valence-corrected chi connectivity index (χ2v) is 6.08. The van der Waals surface area contributed by atoms with Crippen LogP contribution in [0.15, 0.2) is 29.2 Å². The molecule has 3 N–H and O–H groups in total. The average molecular weight is 312 g/mol. The van der Waals surface area contributed by atoms with Crippen molar-refractivity contribution < 1.29 is 4.79 Å². The first-order chi connectivity index (χ1) is 11.0. The van der Waals surface area contributed by atoms with Gasteiger partial charge in [0.2, 0.25) is 5.91 Å². The summed E-state index contributed by atoms with van der Waals surface area (Å²) in [6, 6.07) is 5.67. The third kappa shape index (κ3) is 2.97. The Hall–Kier alpha value is -2.63. The second kappa shape index (κ2) is 5.87. The van der Waals surface area contributed by atoms with Crippen molar-refractivity contribution in [3.05, 3.63) is 57.1 Å². The number of carbonyl (C=O) groups excluding carboxylic acids is 1. The number of primary amides is 1. The van der Waals surface area contributed by atoms with Gasteiger partial charge in [0.25, 0.3) is 5.56 Å². The van der Waals surface area contributed by atoms with Crippen molar-refractivity contribution in [3.63, 3.8) is 0 Å². The minimum absolute atomic E-state index is 0.251. The molecule has 0 spiro atoms. The lowest BCUT2D eigenvalue weighted by Crippen LogP contribution is -2.33. The Kier molecular flexibility index (Phi) is 3.90. The van der Waals surface area contributed by atoms with E-state index in [2.05, 4.69) is 28.5 Å². The quantitative estimate of drug-likeness (QED) is 0.894. The molecular weight excluding hydrogens is 292 g/mol. The smallest absolute Gasteiger partial charge is 0.294 e. The number of aromatic nitrogens is 2. The summed E-state index contributed by atoms with van der Waals surface area (Å²) in [6.45, 7) is 4.58. The van der Waals surface area contributed by atoms with E-state index in [0.29, 0.717) is 19.4 Å². The third-order valence-corrected chi connectivity index (χ3v) is 4.13. The van der Waals surface area contributed by atoms with E-state index in [4.69, 9.17) is 5.73 Å². The Morgan fingerprint density at radius 3 is 2.70 bits per heavy atom. The first-order valence-electron chi connectivity index (χ1n) is 7.66. The van der Waals surface area contributed by atoms with Gasteiger partial charge >= 0.3 is 0 Å². The Balaban J connectivity index is 1.86. The minimum atomic E-state index is -0.567. The van der Waals surface area contributed by atoms with Gasteiger partial charge in [-0.25, -0.2) is 4.98 Å². The predicted molar refractivity (Wildman–Crippen MR) is 88.3 cm³/mol. The van der Waals surface area contributed by atoms with Gasteiger partial charge in [-0.05, 0) is 32.3 Å². The van der Waals surface area contributed by atoms with Crippen molar-refractivity contribution in [3.8, 4) is 0 Å². The molecular formula is C17H20N4O2. The molecule has 1 aromatic heterocycles. The average Bonchev–Trinajstić information content (AvgIpc) is 2.90. The molecule has 0 bridgehead atoms. The summed E-state index contributed by atoms with van der Waals surface area (Å²) in [4.78, 5) is 28.3. The van der Waals surface area contributed by atoms with Crippen molar-refractivity contribution in [1.82, 2.24) is 9.55 Å². The molecule has 1 amide bonds. The maximum absolute atomic E-state index is 12.6. The lowest BCUT2D eigenvalue weighted by Gasteiger charge is -2.13. The molecule has 0 saturated carbocycles. The lowest BCUT2D eigenvalue weighted by atomic mass is 10.1. The van der Waals surface area contributed by atoms with Crippen LogP contribution in [0.3, 0.4) is 0 Å². The van der Waals surface area contributed by atoms with Gasteiger partial charge in [-0.2, -0.15) is 0 Å². The van der Waals surface area contributed by atoms with Crippen LogP contribution in [0.2, 0.25) is 0 Å². The molecule has 2 aromatic rings. The van der Waals surface area contributed by atoms with Crippen LogP contribution >= 0.6 is 0 Å². The second-order valence-electron chi connectivity index (χ2n) is 6.08. The summed E-state index contributed by atoms with van der Waals surface area (Å²) in [5.41, 5.74) is 9.30. The van der Waals surface area contributed by atoms with Gasteiger partial charge < -0.3 is 11.1 Å². The summed E-state index contributed by atoms with van der Waals surface area (Å²) < 4.78 is 1.47. The van der Waals surface area contributed by atoms with E-state index in [0.717, 1.165) is 11.3 Å². The number of rotatable bonds is 4. The van der Waals surface area contributed by atoms with Crippen molar-refractivity contribution >= 4 is 11.7 Å². The maximum atomic E-state index is 12.6. The van der Waals surface area contributed by atoms with E-state index in [9.17, 15) is 9.59 Å². The predicted octanol–water partition coefficient (Wildman–Crippen LogP) is 1.44. The number of nitrogens with two attached hydrogens (primary N) is 1. The maximum Gasteiger partial charge on any atom is 0.294 e. The van der Waals surface area contributed by atoms with Crippen molar-refractivity contribution in [2.45, 2.75) is 39.3 Å². The summed E-state index contributed by atoms with van der Waals surface area (Å²) in [7, 11) is 0. The van der Waals surface area contributed by atoms with Crippen LogP contribution in [0.25, 0.3) is 0 Å². The summed E-state index contributed by atoms with van der Waals surface area (Å²) in [5.74, 6) is -0.224. The fourth-order valence-electron chi connectivity index (χ4n) is 3.19. The molecule has 23 heavy (non-hydrogen) atoms. The molecule has 6 heteroatoms. The number of hydrogen-bond donors (Lipinski definition) is 2. The number of benzene rings is 1. The SMILES string of the molecule is Cc1cc(C)cc(CNc2ncc3n(c2=O)[C@H](C(N)=O)CC3)c1. The van der Waals surface area contributed by atoms with Gasteiger partial charge in [0, 0.05) is 18.4 Å². The molecule has 2 heterocycles. The lowest BCUT2D eigenvalue weighted by molar-refractivity contribution is -0.121. The number of amides is 1. The highest BCUT2D eigenvalue weighted by atomic mass is 16.2. The van der Waals surface area contributed by atoms with Crippen LogP contribution < -0.4 is 16.6 Å². The van der Waals surface area contributed by atoms with Crippen LogP contribution in [-0.2, 0) is 17.8 Å². The van der Waals surface area contributed by atoms with E-state index in [1.807, 2.05) is 13.8 Å². The first-order valence-corrected chi connectivity index (χ1v) is 7.66. The topological polar surface area (TPSA) is 90.0 Å². The van der Waals surface area contributed by atoms with Gasteiger partial charge in [-0.3, -0.25) is 14.2 Å². The number of nitrogens with one attached hydrogen (secondary N) is 1. The highest BCUT2D eigenvalue weighted by Gasteiger charge is 2.28. The largest absolute Gasteiger partial charge is 0.368 e. The van der Waals surface area contributed by atoms with Crippen LogP contribution in [0.5, 0.6) is 0 Å². The van der Waals surface area contributed by atoms with Crippen molar-refractivity contribution in [1.29, 1.82) is 0 Å². The Labute approximate surface area is 134 Å². The van der Waals surface area contributed by atoms with Gasteiger partial charge in [0.05, 0.1) is 0 Å². The zero-order chi connectivity index (χ0) is 16.6. The molecule has 0 saturated heterocycles. The Morgan fingerprint density at radius 2 is 2.04 bits per heavy atom. The highest BCUT2D eigenvalue weighted by molar-refractivity contribution is 5.79. The van der Waals surface area contributed by atoms with Crippen LogP contribution in [-0.4, -0.2) is 15.5 Å². The normalized spacial score (nSPS) is 16.2. The van der Waals surface area contributed by atoms with Crippen molar-refractivity contribution in [2.75, 3.05) is 5.32 Å². The molecule has 1 aliphatic heterocycles. The molecule has 0 unspecified atom stereocenters. The molecule has 0 fully saturated rings. The molecule has 0 radical (unpaired) electrons. The summed E-state index contributed by atoms with van der Waals surface area (Å²) in [5, 5.41) is 3.08. The molecule has 3 rings (SSSR count). The monoisotopic (exact) mass is 312 g/mol. The summed E-state index contributed by atoms with van der Waals surface area (Å²) >= 11 is 0. The first kappa shape index (κ1) is 15.3. The number of fused-ring (bicyclic) bond motifs is 1. The molecule has 1 aliphatic rings. The Morgan fingerprint density at radius 1 is 1.35 bits per heavy atom. The van der Waals surface area contributed by atoms with Crippen LogP contribution in [0.1, 0.15) is 34.8 Å². The zero-order valence-corrected chi connectivity index (χ0v) is 13.3. The van der Waals surface area contributed by atoms with E-state index < -0.39 is 11.9 Å². The van der Waals surface area contributed by atoms with Gasteiger partial charge in [0.15, 0.2) is 5.82 Å². The fraction of sp³-hybridized carbons (Fsp3) is 0.353. The van der Waals surface area contributed by atoms with E-state index >= 15 is 0 Å². The number of hydrogen-bond acceptors (Lipinski definition) is 4. The van der Waals surface area contributed by atoms with E-state index in [1.165, 1.54) is 15.7 Å². The number of nitrogens with zero attached hydrogens (tertiary/aromatic N) is 2. The van der Waals surface area contributed by atoms with E-state index in [-0.39, 0.29) is 11.4 Å². The minimum Gasteiger partial charge on any atom is -0.368 e. The zero-order valence-electron chi connectivity index (χ0n) is 13.3. The van der Waals surface area contributed by atoms with E-state index in [1.54, 1.807) is 6.20 Å². The van der Waals surface area contributed by atoms with Gasteiger partial charge in [-0.15, -0.1) is 0 Å². The molecule has 120 valence electrons. The standard InChI is InChI=1S/C17H20N4O2/c1-10-5-11(2)7-12(6-10)8-19-16-17(23)21-13(9-20-16)3-4-14(21)15(18)22/h5-7,9,14H,3-4,8H2,1-2H3,(H2,18,22)(H,19,20)/t14-/m0/s1.